The van der Waals surface area contributed by atoms with Crippen LogP contribution in [0, 0.1) is 5.41 Å². The van der Waals surface area contributed by atoms with Crippen LogP contribution in [0.1, 0.15) is 23.2 Å². The largest absolute Gasteiger partial charge is 0.396 e. The maximum Gasteiger partial charge on any atom is 0.255 e. The highest BCUT2D eigenvalue weighted by atomic mass is 16.5. The second kappa shape index (κ2) is 7.15. The molecule has 0 saturated carbocycles. The lowest BCUT2D eigenvalue weighted by Gasteiger charge is -2.35. The van der Waals surface area contributed by atoms with Gasteiger partial charge in [0.15, 0.2) is 0 Å². The summed E-state index contributed by atoms with van der Waals surface area (Å²) in [6.07, 6.45) is 3.23. The number of aliphatic hydroxyl groups excluding tert-OH is 1. The molecule has 1 amide bonds. The molecule has 24 heavy (non-hydrogen) atoms. The first-order chi connectivity index (χ1) is 11.6. The van der Waals surface area contributed by atoms with E-state index >= 15 is 0 Å². The molecule has 1 aliphatic rings. The number of nitrogens with zero attached hydrogens (tertiary/aromatic N) is 2. The van der Waals surface area contributed by atoms with Gasteiger partial charge in [0.1, 0.15) is 5.69 Å². The normalized spacial score (nSPS) is 16.8. The fourth-order valence-corrected chi connectivity index (χ4v) is 3.02. The lowest BCUT2D eigenvalue weighted by molar-refractivity contribution is -0.0146. The molecule has 6 heteroatoms. The van der Waals surface area contributed by atoms with E-state index in [0.717, 1.165) is 18.4 Å². The van der Waals surface area contributed by atoms with Gasteiger partial charge < -0.3 is 15.2 Å². The fourth-order valence-electron chi connectivity index (χ4n) is 3.02. The van der Waals surface area contributed by atoms with Gasteiger partial charge in [-0.25, -0.2) is 0 Å². The van der Waals surface area contributed by atoms with Crippen LogP contribution in [0.5, 0.6) is 0 Å². The number of rotatable bonds is 5. The molecule has 0 bridgehead atoms. The highest BCUT2D eigenvalue weighted by molar-refractivity contribution is 5.99. The predicted molar refractivity (Wildman–Crippen MR) is 90.5 cm³/mol. The van der Waals surface area contributed by atoms with E-state index in [1.807, 2.05) is 30.3 Å². The van der Waals surface area contributed by atoms with Crippen molar-refractivity contribution in [1.82, 2.24) is 15.1 Å². The van der Waals surface area contributed by atoms with Crippen molar-refractivity contribution in [3.05, 3.63) is 42.1 Å². The highest BCUT2D eigenvalue weighted by Crippen LogP contribution is 2.29. The number of hydrogen-bond donors (Lipinski definition) is 2. The van der Waals surface area contributed by atoms with Crippen molar-refractivity contribution >= 4 is 5.91 Å². The molecule has 2 N–H and O–H groups in total. The summed E-state index contributed by atoms with van der Waals surface area (Å²) in [6.45, 7) is 1.74. The van der Waals surface area contributed by atoms with E-state index < -0.39 is 0 Å². The first-order valence-electron chi connectivity index (χ1n) is 8.19. The fraction of sp³-hybridized carbons (Fsp3) is 0.444. The summed E-state index contributed by atoms with van der Waals surface area (Å²) in [4.78, 5) is 12.7. The van der Waals surface area contributed by atoms with E-state index in [-0.39, 0.29) is 17.9 Å². The third kappa shape index (κ3) is 3.49. The first-order valence-corrected chi connectivity index (χ1v) is 8.19. The van der Waals surface area contributed by atoms with E-state index in [1.165, 1.54) is 0 Å². The first kappa shape index (κ1) is 16.7. The smallest absolute Gasteiger partial charge is 0.255 e. The average molecular weight is 329 g/mol. The minimum absolute atomic E-state index is 0.0508. The van der Waals surface area contributed by atoms with E-state index in [4.69, 9.17) is 4.74 Å². The molecule has 1 aliphatic heterocycles. The van der Waals surface area contributed by atoms with Gasteiger partial charge >= 0.3 is 0 Å². The number of amides is 1. The lowest BCUT2D eigenvalue weighted by Crippen LogP contribution is -2.43. The van der Waals surface area contributed by atoms with Crippen LogP contribution in [0.3, 0.4) is 0 Å². The minimum atomic E-state index is -0.289. The Kier molecular flexibility index (Phi) is 4.97. The van der Waals surface area contributed by atoms with Crippen LogP contribution in [0.15, 0.2) is 36.5 Å². The Morgan fingerprint density at radius 2 is 2.04 bits per heavy atom. The summed E-state index contributed by atoms with van der Waals surface area (Å²) >= 11 is 0. The van der Waals surface area contributed by atoms with E-state index in [2.05, 4.69) is 10.4 Å². The third-order valence-electron chi connectivity index (χ3n) is 4.63. The molecule has 1 fully saturated rings. The van der Waals surface area contributed by atoms with Crippen molar-refractivity contribution in [1.29, 1.82) is 0 Å². The molecule has 1 aromatic carbocycles. The van der Waals surface area contributed by atoms with Gasteiger partial charge in [0, 0.05) is 44.0 Å². The predicted octanol–water partition coefficient (Wildman–Crippen LogP) is 1.61. The van der Waals surface area contributed by atoms with Gasteiger partial charge in [-0.2, -0.15) is 5.10 Å². The monoisotopic (exact) mass is 329 g/mol. The standard InChI is InChI=1S/C18H23N3O3/c1-21-11-15(16(20-21)14-5-3-2-4-6-14)17(23)19-12-18(13-22)7-9-24-10-8-18/h2-6,11,22H,7-10,12-13H2,1H3,(H,19,23). The minimum Gasteiger partial charge on any atom is -0.396 e. The number of hydrogen-bond acceptors (Lipinski definition) is 4. The van der Waals surface area contributed by atoms with Crippen LogP contribution in [0.2, 0.25) is 0 Å². The van der Waals surface area contributed by atoms with Crippen LogP contribution < -0.4 is 5.32 Å². The number of benzene rings is 1. The summed E-state index contributed by atoms with van der Waals surface area (Å²) in [6, 6.07) is 9.66. The molecule has 0 unspecified atom stereocenters. The molecule has 3 rings (SSSR count). The molecule has 0 spiro atoms. The van der Waals surface area contributed by atoms with Gasteiger partial charge in [0.05, 0.1) is 12.2 Å². The van der Waals surface area contributed by atoms with Crippen LogP contribution in [-0.4, -0.2) is 47.2 Å². The van der Waals surface area contributed by atoms with Crippen LogP contribution >= 0.6 is 0 Å². The molecule has 0 radical (unpaired) electrons. The number of nitrogens with one attached hydrogen (secondary N) is 1. The van der Waals surface area contributed by atoms with Crippen molar-refractivity contribution in [3.8, 4) is 11.3 Å². The maximum atomic E-state index is 12.7. The second-order valence-electron chi connectivity index (χ2n) is 6.38. The molecule has 6 nitrogen and oxygen atoms in total. The number of aliphatic hydroxyl groups is 1. The van der Waals surface area contributed by atoms with Gasteiger partial charge in [0.2, 0.25) is 0 Å². The second-order valence-corrected chi connectivity index (χ2v) is 6.38. The van der Waals surface area contributed by atoms with Crippen LogP contribution in [0.25, 0.3) is 11.3 Å². The molecule has 2 heterocycles. The Bertz CT molecular complexity index is 691. The average Bonchev–Trinajstić information content (AvgIpc) is 3.03. The number of aromatic nitrogens is 2. The lowest BCUT2D eigenvalue weighted by atomic mass is 9.81. The molecular weight excluding hydrogens is 306 g/mol. The Labute approximate surface area is 141 Å². The zero-order valence-corrected chi connectivity index (χ0v) is 13.9. The Balaban J connectivity index is 1.76. The summed E-state index contributed by atoms with van der Waals surface area (Å²) in [5.74, 6) is -0.165. The molecule has 1 saturated heterocycles. The van der Waals surface area contributed by atoms with Gasteiger partial charge in [-0.15, -0.1) is 0 Å². The van der Waals surface area contributed by atoms with Crippen molar-refractivity contribution in [3.63, 3.8) is 0 Å². The van der Waals surface area contributed by atoms with Crippen molar-refractivity contribution in [2.45, 2.75) is 12.8 Å². The molecule has 1 aromatic heterocycles. The molecule has 0 aliphatic carbocycles. The number of carbonyl (C=O) groups excluding carboxylic acids is 1. The van der Waals surface area contributed by atoms with E-state index in [9.17, 15) is 9.90 Å². The molecule has 128 valence electrons. The van der Waals surface area contributed by atoms with Gasteiger partial charge in [-0.3, -0.25) is 9.48 Å². The number of ether oxygens (including phenoxy) is 1. The summed E-state index contributed by atoms with van der Waals surface area (Å²) in [5, 5.41) is 17.1. The Morgan fingerprint density at radius 3 is 2.71 bits per heavy atom. The molecule has 0 atom stereocenters. The Morgan fingerprint density at radius 1 is 1.33 bits per heavy atom. The number of carbonyl (C=O) groups is 1. The summed E-state index contributed by atoms with van der Waals surface area (Å²) < 4.78 is 7.01. The number of aryl methyl sites for hydroxylation is 1. The summed E-state index contributed by atoms with van der Waals surface area (Å²) in [7, 11) is 1.80. The van der Waals surface area contributed by atoms with Gasteiger partial charge in [-0.1, -0.05) is 30.3 Å². The van der Waals surface area contributed by atoms with Crippen molar-refractivity contribution in [2.24, 2.45) is 12.5 Å². The van der Waals surface area contributed by atoms with Crippen LogP contribution in [0.4, 0.5) is 0 Å². The van der Waals surface area contributed by atoms with Gasteiger partial charge in [-0.05, 0) is 12.8 Å². The SMILES string of the molecule is Cn1cc(C(=O)NCC2(CO)CCOCC2)c(-c2ccccc2)n1. The molecule has 2 aromatic rings. The zero-order chi connectivity index (χ0) is 17.0. The van der Waals surface area contributed by atoms with Crippen molar-refractivity contribution < 1.29 is 14.6 Å². The maximum absolute atomic E-state index is 12.7. The summed E-state index contributed by atoms with van der Waals surface area (Å²) in [5.41, 5.74) is 1.83. The molecular formula is C18H23N3O3. The van der Waals surface area contributed by atoms with E-state index in [1.54, 1.807) is 17.9 Å². The topological polar surface area (TPSA) is 76.4 Å². The van der Waals surface area contributed by atoms with Crippen LogP contribution in [-0.2, 0) is 11.8 Å². The van der Waals surface area contributed by atoms with Gasteiger partial charge in [0.25, 0.3) is 5.91 Å². The van der Waals surface area contributed by atoms with Crippen molar-refractivity contribution in [2.75, 3.05) is 26.4 Å². The quantitative estimate of drug-likeness (QED) is 0.874. The highest BCUT2D eigenvalue weighted by Gasteiger charge is 2.32. The zero-order valence-electron chi connectivity index (χ0n) is 13.9. The third-order valence-corrected chi connectivity index (χ3v) is 4.63. The van der Waals surface area contributed by atoms with E-state index in [0.29, 0.717) is 31.0 Å². The Hall–Kier alpha value is -2.18.